The first-order valence-electron chi connectivity index (χ1n) is 4.37. The van der Waals surface area contributed by atoms with Gasteiger partial charge in [-0.25, -0.2) is 0 Å². The minimum Gasteiger partial charge on any atom is -0.412 e. The fourth-order valence-electron chi connectivity index (χ4n) is 0.540. The van der Waals surface area contributed by atoms with Crippen LogP contribution in [0.1, 0.15) is 13.8 Å². The van der Waals surface area contributed by atoms with Crippen LogP contribution >= 0.6 is 0 Å². The van der Waals surface area contributed by atoms with Crippen molar-refractivity contribution < 1.29 is 20.5 Å². The highest BCUT2D eigenvalue weighted by atomic mass is 16.1. The molecule has 0 saturated heterocycles. The molecule has 0 fully saturated rings. The van der Waals surface area contributed by atoms with Gasteiger partial charge in [0.25, 0.3) is 0 Å². The van der Waals surface area contributed by atoms with Gasteiger partial charge in [0.2, 0.25) is 11.8 Å². The Labute approximate surface area is 93.7 Å². The zero-order valence-electron chi connectivity index (χ0n) is 9.43. The van der Waals surface area contributed by atoms with E-state index < -0.39 is 11.8 Å². The van der Waals surface area contributed by atoms with Gasteiger partial charge in [-0.3, -0.25) is 9.59 Å². The molecule has 8 nitrogen and oxygen atoms in total. The van der Waals surface area contributed by atoms with Gasteiger partial charge in [-0.2, -0.15) is 10.2 Å². The number of primary amides is 2. The van der Waals surface area contributed by atoms with Crippen molar-refractivity contribution in [2.75, 3.05) is 13.1 Å². The zero-order chi connectivity index (χ0) is 11.1. The maximum Gasteiger partial charge on any atom is 0.222 e. The number of hydrogen-bond donors (Lipinski definition) is 2. The van der Waals surface area contributed by atoms with Crippen molar-refractivity contribution in [2.24, 2.45) is 33.5 Å². The van der Waals surface area contributed by atoms with Crippen LogP contribution in [-0.4, -0.2) is 35.9 Å². The second-order valence-corrected chi connectivity index (χ2v) is 3.25. The van der Waals surface area contributed by atoms with Crippen LogP contribution in [0.4, 0.5) is 0 Å². The standard InChI is InChI=1S/C8H16N4O2.2H2O/c1-5(7(9)13)3-11-12-4-6(2)8(10)14;;/h5-6H,3-4H2,1-2H3,(H2,9,13)(H2,10,14);2*1H2. The highest BCUT2D eigenvalue weighted by molar-refractivity contribution is 5.76. The van der Waals surface area contributed by atoms with E-state index in [9.17, 15) is 9.59 Å². The molecule has 0 aromatic heterocycles. The van der Waals surface area contributed by atoms with Crippen molar-refractivity contribution >= 4 is 11.8 Å². The number of rotatable bonds is 6. The van der Waals surface area contributed by atoms with Gasteiger partial charge in [-0.15, -0.1) is 0 Å². The molecular formula is C8H20N4O4. The Kier molecular flexibility index (Phi) is 12.5. The number of carbonyl (C=O) groups excluding carboxylic acids is 2. The molecule has 0 saturated carbocycles. The lowest BCUT2D eigenvalue weighted by Crippen LogP contribution is -2.23. The lowest BCUT2D eigenvalue weighted by molar-refractivity contribution is -0.122. The Morgan fingerprint density at radius 1 is 0.938 bits per heavy atom. The van der Waals surface area contributed by atoms with Crippen LogP contribution in [0.25, 0.3) is 0 Å². The minimum atomic E-state index is -0.410. The Morgan fingerprint density at radius 3 is 1.38 bits per heavy atom. The van der Waals surface area contributed by atoms with E-state index in [4.69, 9.17) is 11.5 Å². The molecule has 0 aliphatic carbocycles. The Balaban J connectivity index is -0.000000845. The molecule has 0 radical (unpaired) electrons. The number of amides is 2. The lowest BCUT2D eigenvalue weighted by atomic mass is 10.2. The molecule has 2 amide bonds. The number of carbonyl (C=O) groups is 2. The Hall–Kier alpha value is -1.54. The van der Waals surface area contributed by atoms with Crippen molar-refractivity contribution in [3.05, 3.63) is 0 Å². The van der Waals surface area contributed by atoms with E-state index in [0.29, 0.717) is 0 Å². The topological polar surface area (TPSA) is 174 Å². The average molecular weight is 236 g/mol. The highest BCUT2D eigenvalue weighted by Crippen LogP contribution is 1.97. The summed E-state index contributed by atoms with van der Waals surface area (Å²) in [6, 6.07) is 0. The molecule has 0 rings (SSSR count). The summed E-state index contributed by atoms with van der Waals surface area (Å²) in [7, 11) is 0. The summed E-state index contributed by atoms with van der Waals surface area (Å²) in [6.45, 7) is 3.83. The maximum atomic E-state index is 10.6. The number of nitrogens with zero attached hydrogens (tertiary/aromatic N) is 2. The largest absolute Gasteiger partial charge is 0.412 e. The normalized spacial score (nSPS) is 13.4. The number of nitrogens with two attached hydrogens (primary N) is 2. The van der Waals surface area contributed by atoms with Crippen LogP contribution in [0.5, 0.6) is 0 Å². The minimum absolute atomic E-state index is 0. The fraction of sp³-hybridized carbons (Fsp3) is 0.750. The average Bonchev–Trinajstić information content (AvgIpc) is 2.11. The molecule has 2 atom stereocenters. The van der Waals surface area contributed by atoms with Crippen LogP contribution in [-0.2, 0) is 9.59 Å². The first kappa shape index (κ1) is 19.9. The summed E-state index contributed by atoms with van der Waals surface area (Å²) < 4.78 is 0. The van der Waals surface area contributed by atoms with Crippen molar-refractivity contribution in [1.82, 2.24) is 0 Å². The van der Waals surface area contributed by atoms with Crippen LogP contribution in [0.2, 0.25) is 0 Å². The van der Waals surface area contributed by atoms with E-state index in [1.54, 1.807) is 13.8 Å². The van der Waals surface area contributed by atoms with E-state index in [1.807, 2.05) is 0 Å². The summed E-state index contributed by atoms with van der Waals surface area (Å²) in [5.74, 6) is -1.48. The fourth-order valence-corrected chi connectivity index (χ4v) is 0.540. The van der Waals surface area contributed by atoms with E-state index in [1.165, 1.54) is 0 Å². The third-order valence-electron chi connectivity index (χ3n) is 1.78. The molecular weight excluding hydrogens is 216 g/mol. The predicted molar refractivity (Wildman–Crippen MR) is 58.5 cm³/mol. The lowest BCUT2D eigenvalue weighted by Gasteiger charge is -2.02. The third kappa shape index (κ3) is 9.03. The Bertz CT molecular complexity index is 220. The van der Waals surface area contributed by atoms with Crippen LogP contribution in [0, 0.1) is 11.8 Å². The van der Waals surface area contributed by atoms with Crippen molar-refractivity contribution in [1.29, 1.82) is 0 Å². The second kappa shape index (κ2) is 9.99. The monoisotopic (exact) mass is 236 g/mol. The molecule has 8 heteroatoms. The molecule has 0 aliphatic rings. The number of azo groups is 1. The maximum absolute atomic E-state index is 10.6. The van der Waals surface area contributed by atoms with Crippen LogP contribution in [0.15, 0.2) is 10.2 Å². The van der Waals surface area contributed by atoms with E-state index >= 15 is 0 Å². The molecule has 0 aliphatic heterocycles. The summed E-state index contributed by atoms with van der Waals surface area (Å²) in [6.07, 6.45) is 0. The smallest absolute Gasteiger partial charge is 0.222 e. The van der Waals surface area contributed by atoms with Crippen LogP contribution in [0.3, 0.4) is 0 Å². The van der Waals surface area contributed by atoms with Crippen molar-refractivity contribution in [3.63, 3.8) is 0 Å². The van der Waals surface area contributed by atoms with E-state index in [-0.39, 0.29) is 35.9 Å². The van der Waals surface area contributed by atoms with E-state index in [2.05, 4.69) is 10.2 Å². The predicted octanol–water partition coefficient (Wildman–Crippen LogP) is -1.97. The van der Waals surface area contributed by atoms with Gasteiger partial charge in [0.05, 0.1) is 24.9 Å². The summed E-state index contributed by atoms with van der Waals surface area (Å²) in [5.41, 5.74) is 10.0. The summed E-state index contributed by atoms with van der Waals surface area (Å²) in [5, 5.41) is 7.46. The highest BCUT2D eigenvalue weighted by Gasteiger charge is 2.08. The first-order chi connectivity index (χ1) is 6.45. The Morgan fingerprint density at radius 2 is 1.19 bits per heavy atom. The molecule has 0 heterocycles. The van der Waals surface area contributed by atoms with Crippen molar-refractivity contribution in [3.8, 4) is 0 Å². The van der Waals surface area contributed by atoms with E-state index in [0.717, 1.165) is 0 Å². The zero-order valence-corrected chi connectivity index (χ0v) is 9.43. The second-order valence-electron chi connectivity index (χ2n) is 3.25. The molecule has 0 spiro atoms. The van der Waals surface area contributed by atoms with Gasteiger partial charge in [-0.05, 0) is 0 Å². The van der Waals surface area contributed by atoms with Gasteiger partial charge < -0.3 is 22.4 Å². The summed E-state index contributed by atoms with van der Waals surface area (Å²) >= 11 is 0. The molecule has 2 unspecified atom stereocenters. The van der Waals surface area contributed by atoms with Gasteiger partial charge in [0.15, 0.2) is 0 Å². The molecule has 8 N–H and O–H groups in total. The van der Waals surface area contributed by atoms with Crippen LogP contribution < -0.4 is 11.5 Å². The molecule has 96 valence electrons. The quantitative estimate of drug-likeness (QED) is 0.509. The molecule has 16 heavy (non-hydrogen) atoms. The SMILES string of the molecule is CC(CN=NCC(C)C(N)=O)C(N)=O.O.O. The summed E-state index contributed by atoms with van der Waals surface area (Å²) in [4.78, 5) is 21.2. The van der Waals surface area contributed by atoms with Gasteiger partial charge in [0, 0.05) is 0 Å². The van der Waals surface area contributed by atoms with Gasteiger partial charge in [0.1, 0.15) is 0 Å². The van der Waals surface area contributed by atoms with Gasteiger partial charge >= 0.3 is 0 Å². The first-order valence-corrected chi connectivity index (χ1v) is 4.37. The number of hydrogen-bond acceptors (Lipinski definition) is 4. The molecule has 0 bridgehead atoms. The molecule has 0 aromatic carbocycles. The molecule has 0 aromatic rings. The van der Waals surface area contributed by atoms with Gasteiger partial charge in [-0.1, -0.05) is 13.8 Å². The third-order valence-corrected chi connectivity index (χ3v) is 1.78. The van der Waals surface area contributed by atoms with Crippen molar-refractivity contribution in [2.45, 2.75) is 13.8 Å².